The van der Waals surface area contributed by atoms with Crippen molar-refractivity contribution in [1.29, 1.82) is 0 Å². The average molecular weight is 581 g/mol. The van der Waals surface area contributed by atoms with Crippen molar-refractivity contribution >= 4 is 34.0 Å². The Morgan fingerprint density at radius 2 is 2.02 bits per heavy atom. The number of hydrogen-bond acceptors (Lipinski definition) is 8. The molecule has 0 aliphatic carbocycles. The summed E-state index contributed by atoms with van der Waals surface area (Å²) in [6.07, 6.45) is 8.41. The molecule has 2 aliphatic rings. The quantitative estimate of drug-likeness (QED) is 0.237. The first-order valence-corrected chi connectivity index (χ1v) is 15.1. The van der Waals surface area contributed by atoms with Gasteiger partial charge in [-0.1, -0.05) is 24.8 Å². The van der Waals surface area contributed by atoms with Gasteiger partial charge in [-0.2, -0.15) is 0 Å². The number of carbonyl (C=O) groups excluding carboxylic acids is 1. The van der Waals surface area contributed by atoms with Crippen LogP contribution in [0.3, 0.4) is 0 Å². The number of benzene rings is 2. The lowest BCUT2D eigenvalue weighted by atomic mass is 10.0. The third kappa shape index (κ3) is 6.28. The van der Waals surface area contributed by atoms with Crippen molar-refractivity contribution < 1.29 is 14.3 Å². The zero-order valence-electron chi connectivity index (χ0n) is 25.1. The second-order valence-corrected chi connectivity index (χ2v) is 11.3. The number of ether oxygens (including phenoxy) is 2. The van der Waals surface area contributed by atoms with Crippen LogP contribution in [0, 0.1) is 0 Å². The maximum Gasteiger partial charge on any atom is 0.227 e. The molecular formula is C34H40N6O3. The van der Waals surface area contributed by atoms with E-state index in [4.69, 9.17) is 14.5 Å². The molecule has 0 bridgehead atoms. The van der Waals surface area contributed by atoms with E-state index in [1.54, 1.807) is 13.3 Å². The molecular weight excluding hydrogens is 540 g/mol. The molecule has 0 saturated carbocycles. The van der Waals surface area contributed by atoms with Crippen LogP contribution in [0.5, 0.6) is 5.75 Å². The van der Waals surface area contributed by atoms with Crippen LogP contribution in [0.2, 0.25) is 0 Å². The number of rotatable bonds is 11. The van der Waals surface area contributed by atoms with Crippen LogP contribution in [0.15, 0.2) is 67.5 Å². The van der Waals surface area contributed by atoms with Crippen molar-refractivity contribution in [2.45, 2.75) is 31.7 Å². The van der Waals surface area contributed by atoms with E-state index in [0.29, 0.717) is 18.4 Å². The van der Waals surface area contributed by atoms with Gasteiger partial charge in [0.1, 0.15) is 5.75 Å². The number of ketones is 1. The molecule has 6 rings (SSSR count). The fraction of sp³-hybridized carbons (Fsp3) is 0.382. The lowest BCUT2D eigenvalue weighted by molar-refractivity contribution is -0.114. The molecule has 1 atom stereocenters. The summed E-state index contributed by atoms with van der Waals surface area (Å²) in [6, 6.07) is 15.0. The van der Waals surface area contributed by atoms with Gasteiger partial charge < -0.3 is 24.3 Å². The largest absolute Gasteiger partial charge is 0.494 e. The van der Waals surface area contributed by atoms with Crippen LogP contribution in [0.25, 0.3) is 22.2 Å². The van der Waals surface area contributed by atoms with E-state index in [1.807, 2.05) is 25.2 Å². The minimum Gasteiger partial charge on any atom is -0.494 e. The Balaban J connectivity index is 1.29. The topological polar surface area (TPSA) is 84.8 Å². The predicted molar refractivity (Wildman–Crippen MR) is 171 cm³/mol. The van der Waals surface area contributed by atoms with Crippen LogP contribution in [-0.2, 0) is 23.0 Å². The molecule has 9 heteroatoms. The number of aryl methyl sites for hydroxylation is 2. The predicted octanol–water partition coefficient (Wildman–Crippen LogP) is 5.38. The lowest BCUT2D eigenvalue weighted by Gasteiger charge is -2.32. The molecule has 43 heavy (non-hydrogen) atoms. The molecule has 9 nitrogen and oxygen atoms in total. The van der Waals surface area contributed by atoms with E-state index in [0.717, 1.165) is 97.9 Å². The van der Waals surface area contributed by atoms with Gasteiger partial charge in [0.15, 0.2) is 5.78 Å². The van der Waals surface area contributed by atoms with Crippen molar-refractivity contribution in [2.24, 2.45) is 7.05 Å². The minimum atomic E-state index is 0.0700. The zero-order valence-corrected chi connectivity index (χ0v) is 25.1. The van der Waals surface area contributed by atoms with Gasteiger partial charge >= 0.3 is 0 Å². The average Bonchev–Trinajstić information content (AvgIpc) is 3.67. The summed E-state index contributed by atoms with van der Waals surface area (Å²) in [5, 5.41) is 4.59. The van der Waals surface area contributed by atoms with Gasteiger partial charge in [0.05, 0.1) is 31.7 Å². The molecule has 0 spiro atoms. The molecule has 224 valence electrons. The number of methoxy groups -OCH3 is 1. The summed E-state index contributed by atoms with van der Waals surface area (Å²) in [7, 11) is 3.74. The molecule has 4 aromatic rings. The monoisotopic (exact) mass is 580 g/mol. The molecule has 2 saturated heterocycles. The van der Waals surface area contributed by atoms with Gasteiger partial charge in [-0.05, 0) is 49.1 Å². The SMILES string of the molecule is C=CC(=O)CCCc1cc(Nc2nccc(-c3cn(C)c4ccccc34)n2)c(OC)cc1N1CCC(N2CCOCC2)C1. The Hall–Kier alpha value is -4.21. The van der Waals surface area contributed by atoms with Crippen LogP contribution < -0.4 is 15.0 Å². The van der Waals surface area contributed by atoms with Crippen LogP contribution in [0.4, 0.5) is 17.3 Å². The van der Waals surface area contributed by atoms with Crippen molar-refractivity contribution in [3.63, 3.8) is 0 Å². The Morgan fingerprint density at radius 3 is 2.84 bits per heavy atom. The Kier molecular flexibility index (Phi) is 8.72. The number of nitrogens with zero attached hydrogens (tertiary/aromatic N) is 5. The second-order valence-electron chi connectivity index (χ2n) is 11.3. The highest BCUT2D eigenvalue weighted by Crippen LogP contribution is 2.38. The van der Waals surface area contributed by atoms with Gasteiger partial charge in [0.25, 0.3) is 0 Å². The summed E-state index contributed by atoms with van der Waals surface area (Å²) in [4.78, 5) is 26.5. The van der Waals surface area contributed by atoms with Crippen LogP contribution in [0.1, 0.15) is 24.8 Å². The summed E-state index contributed by atoms with van der Waals surface area (Å²) in [6.45, 7) is 9.15. The normalized spacial score (nSPS) is 17.3. The third-order valence-corrected chi connectivity index (χ3v) is 8.64. The summed E-state index contributed by atoms with van der Waals surface area (Å²) < 4.78 is 13.6. The summed E-state index contributed by atoms with van der Waals surface area (Å²) in [5.74, 6) is 1.30. The van der Waals surface area contributed by atoms with E-state index in [9.17, 15) is 4.79 Å². The summed E-state index contributed by atoms with van der Waals surface area (Å²) >= 11 is 0. The maximum absolute atomic E-state index is 12.0. The molecule has 4 heterocycles. The number of morpholine rings is 1. The molecule has 2 aliphatic heterocycles. The fourth-order valence-electron chi connectivity index (χ4n) is 6.37. The molecule has 0 radical (unpaired) electrons. The van der Waals surface area contributed by atoms with Gasteiger partial charge in [-0.15, -0.1) is 0 Å². The fourth-order valence-corrected chi connectivity index (χ4v) is 6.37. The van der Waals surface area contributed by atoms with E-state index in [1.165, 1.54) is 11.6 Å². The summed E-state index contributed by atoms with van der Waals surface area (Å²) in [5.41, 5.74) is 6.19. The Bertz CT molecular complexity index is 1610. The minimum absolute atomic E-state index is 0.0700. The first kappa shape index (κ1) is 28.9. The van der Waals surface area contributed by atoms with Crippen molar-refractivity contribution in [1.82, 2.24) is 19.4 Å². The highest BCUT2D eigenvalue weighted by molar-refractivity contribution is 5.95. The van der Waals surface area contributed by atoms with Gasteiger partial charge in [-0.25, -0.2) is 9.97 Å². The van der Waals surface area contributed by atoms with Crippen molar-refractivity contribution in [3.05, 3.63) is 73.1 Å². The molecule has 1 unspecified atom stereocenters. The van der Waals surface area contributed by atoms with Gasteiger partial charge in [0.2, 0.25) is 5.95 Å². The number of allylic oxidation sites excluding steroid dienone is 1. The van der Waals surface area contributed by atoms with Crippen molar-refractivity contribution in [2.75, 3.05) is 56.7 Å². The molecule has 2 fully saturated rings. The smallest absolute Gasteiger partial charge is 0.227 e. The molecule has 1 N–H and O–H groups in total. The standard InChI is InChI=1S/C34H40N6O3/c1-4-26(41)9-7-8-24-20-30(33(42-3)21-32(24)40-15-13-25(22-40)39-16-18-43-19-17-39)37-34-35-14-12-29(36-34)28-23-38(2)31-11-6-5-10-27(28)31/h4-6,10-12,14,20-21,23,25H,1,7-9,13,15-19,22H2,2-3H3,(H,35,36,37). The van der Waals surface area contributed by atoms with E-state index in [2.05, 4.69) is 61.7 Å². The number of fused-ring (bicyclic) bond motifs is 1. The first-order chi connectivity index (χ1) is 21.0. The molecule has 2 aromatic heterocycles. The first-order valence-electron chi connectivity index (χ1n) is 15.1. The van der Waals surface area contributed by atoms with E-state index < -0.39 is 0 Å². The number of nitrogens with one attached hydrogen (secondary N) is 1. The van der Waals surface area contributed by atoms with E-state index in [-0.39, 0.29) is 5.78 Å². The Labute approximate surface area is 253 Å². The molecule has 0 amide bonds. The zero-order chi connectivity index (χ0) is 29.8. The van der Waals surface area contributed by atoms with Crippen LogP contribution in [-0.4, -0.2) is 77.8 Å². The molecule has 2 aromatic carbocycles. The second kappa shape index (κ2) is 13.0. The highest BCUT2D eigenvalue weighted by atomic mass is 16.5. The number of hydrogen-bond donors (Lipinski definition) is 1. The number of anilines is 3. The highest BCUT2D eigenvalue weighted by Gasteiger charge is 2.30. The van der Waals surface area contributed by atoms with E-state index >= 15 is 0 Å². The van der Waals surface area contributed by atoms with Crippen molar-refractivity contribution in [3.8, 4) is 17.0 Å². The third-order valence-electron chi connectivity index (χ3n) is 8.64. The maximum atomic E-state index is 12.0. The lowest BCUT2D eigenvalue weighted by Crippen LogP contribution is -2.44. The van der Waals surface area contributed by atoms with Gasteiger partial charge in [0, 0.05) is 86.3 Å². The number of aromatic nitrogens is 3. The number of para-hydroxylation sites is 1. The Morgan fingerprint density at radius 1 is 1.19 bits per heavy atom. The number of carbonyl (C=O) groups is 1. The van der Waals surface area contributed by atoms with Gasteiger partial charge in [-0.3, -0.25) is 9.69 Å². The van der Waals surface area contributed by atoms with Crippen LogP contribution >= 0.6 is 0 Å².